The molecule has 2 nitrogen and oxygen atoms in total. The highest BCUT2D eigenvalue weighted by Gasteiger charge is 2.16. The molecule has 0 aromatic heterocycles. The van der Waals surface area contributed by atoms with E-state index in [2.05, 4.69) is 35.1 Å². The van der Waals surface area contributed by atoms with E-state index in [-0.39, 0.29) is 11.8 Å². The quantitative estimate of drug-likeness (QED) is 0.756. The van der Waals surface area contributed by atoms with Gasteiger partial charge in [0, 0.05) is 16.1 Å². The SMILES string of the molecule is CCCC(CCC)C(=O)Nc1ccc(Br)c(Cl)c1. The second-order valence-electron chi connectivity index (χ2n) is 4.39. The third kappa shape index (κ3) is 4.62. The molecule has 1 rings (SSSR count). The van der Waals surface area contributed by atoms with Gasteiger partial charge in [-0.3, -0.25) is 4.79 Å². The highest BCUT2D eigenvalue weighted by atomic mass is 79.9. The van der Waals surface area contributed by atoms with Crippen molar-refractivity contribution in [3.8, 4) is 0 Å². The number of halogens is 2. The molecule has 1 N–H and O–H groups in total. The van der Waals surface area contributed by atoms with Gasteiger partial charge in [-0.2, -0.15) is 0 Å². The summed E-state index contributed by atoms with van der Waals surface area (Å²) in [4.78, 5) is 12.1. The van der Waals surface area contributed by atoms with E-state index in [1.165, 1.54) is 0 Å². The molecule has 0 radical (unpaired) electrons. The average molecular weight is 333 g/mol. The standard InChI is InChI=1S/C14H19BrClNO/c1-3-5-10(6-4-2)14(18)17-11-7-8-12(15)13(16)9-11/h7-10H,3-6H2,1-2H3,(H,17,18). The van der Waals surface area contributed by atoms with Crippen LogP contribution in [0.4, 0.5) is 5.69 Å². The molecule has 0 aliphatic heterocycles. The minimum atomic E-state index is 0.0945. The van der Waals surface area contributed by atoms with Crippen LogP contribution in [0, 0.1) is 5.92 Å². The van der Waals surface area contributed by atoms with E-state index in [9.17, 15) is 4.79 Å². The monoisotopic (exact) mass is 331 g/mol. The van der Waals surface area contributed by atoms with E-state index < -0.39 is 0 Å². The van der Waals surface area contributed by atoms with Crippen LogP contribution in [0.1, 0.15) is 39.5 Å². The average Bonchev–Trinajstić information content (AvgIpc) is 2.33. The van der Waals surface area contributed by atoms with Gasteiger partial charge in [0.1, 0.15) is 0 Å². The lowest BCUT2D eigenvalue weighted by Crippen LogP contribution is -2.22. The Labute approximate surface area is 122 Å². The topological polar surface area (TPSA) is 29.1 Å². The lowest BCUT2D eigenvalue weighted by molar-refractivity contribution is -0.120. The van der Waals surface area contributed by atoms with E-state index in [1.807, 2.05) is 12.1 Å². The maximum Gasteiger partial charge on any atom is 0.227 e. The smallest absolute Gasteiger partial charge is 0.227 e. The highest BCUT2D eigenvalue weighted by molar-refractivity contribution is 9.10. The van der Waals surface area contributed by atoms with Crippen LogP contribution in [-0.2, 0) is 4.79 Å². The molecule has 0 atom stereocenters. The van der Waals surface area contributed by atoms with Gasteiger partial charge in [-0.25, -0.2) is 0 Å². The molecule has 0 spiro atoms. The number of hydrogen-bond acceptors (Lipinski definition) is 1. The minimum absolute atomic E-state index is 0.0945. The van der Waals surface area contributed by atoms with Gasteiger partial charge in [-0.15, -0.1) is 0 Å². The number of benzene rings is 1. The maximum atomic E-state index is 12.1. The molecule has 18 heavy (non-hydrogen) atoms. The van der Waals surface area contributed by atoms with Gasteiger partial charge in [0.15, 0.2) is 0 Å². The first kappa shape index (κ1) is 15.5. The highest BCUT2D eigenvalue weighted by Crippen LogP contribution is 2.26. The third-order valence-corrected chi connectivity index (χ3v) is 4.06. The van der Waals surface area contributed by atoms with Crippen molar-refractivity contribution >= 4 is 39.1 Å². The lowest BCUT2D eigenvalue weighted by Gasteiger charge is -2.15. The Morgan fingerprint density at radius 1 is 1.33 bits per heavy atom. The summed E-state index contributed by atoms with van der Waals surface area (Å²) in [5.74, 6) is 0.194. The molecule has 0 aliphatic carbocycles. The van der Waals surface area contributed by atoms with Crippen molar-refractivity contribution in [1.82, 2.24) is 0 Å². The fourth-order valence-electron chi connectivity index (χ4n) is 1.92. The van der Waals surface area contributed by atoms with Crippen molar-refractivity contribution in [3.05, 3.63) is 27.7 Å². The lowest BCUT2D eigenvalue weighted by atomic mass is 9.97. The summed E-state index contributed by atoms with van der Waals surface area (Å²) in [7, 11) is 0. The van der Waals surface area contributed by atoms with Gasteiger partial charge >= 0.3 is 0 Å². The molecule has 100 valence electrons. The van der Waals surface area contributed by atoms with E-state index in [0.717, 1.165) is 35.8 Å². The van der Waals surface area contributed by atoms with Gasteiger partial charge in [0.2, 0.25) is 5.91 Å². The van der Waals surface area contributed by atoms with E-state index in [4.69, 9.17) is 11.6 Å². The van der Waals surface area contributed by atoms with Crippen molar-refractivity contribution in [3.63, 3.8) is 0 Å². The molecule has 0 saturated heterocycles. The fourth-order valence-corrected chi connectivity index (χ4v) is 2.35. The number of carbonyl (C=O) groups is 1. The maximum absolute atomic E-state index is 12.1. The predicted molar refractivity (Wildman–Crippen MR) is 81.1 cm³/mol. The van der Waals surface area contributed by atoms with Crippen molar-refractivity contribution in [2.24, 2.45) is 5.92 Å². The number of amides is 1. The minimum Gasteiger partial charge on any atom is -0.326 e. The molecule has 0 saturated carbocycles. The van der Waals surface area contributed by atoms with Gasteiger partial charge in [-0.1, -0.05) is 38.3 Å². The molecule has 0 heterocycles. The Hall–Kier alpha value is -0.540. The molecule has 1 aromatic rings. The first-order chi connectivity index (χ1) is 8.58. The number of hydrogen-bond donors (Lipinski definition) is 1. The summed E-state index contributed by atoms with van der Waals surface area (Å²) in [6.07, 6.45) is 3.92. The summed E-state index contributed by atoms with van der Waals surface area (Å²) in [6, 6.07) is 5.45. The molecule has 1 amide bonds. The molecule has 4 heteroatoms. The Morgan fingerprint density at radius 3 is 2.44 bits per heavy atom. The van der Waals surface area contributed by atoms with E-state index in [1.54, 1.807) is 6.07 Å². The molecule has 0 unspecified atom stereocenters. The Bertz CT molecular complexity index is 403. The summed E-state index contributed by atoms with van der Waals surface area (Å²) in [5, 5.41) is 3.54. The Kier molecular flexibility index (Phi) is 6.72. The number of anilines is 1. The van der Waals surface area contributed by atoms with Crippen LogP contribution in [0.25, 0.3) is 0 Å². The third-order valence-electron chi connectivity index (χ3n) is 2.83. The van der Waals surface area contributed by atoms with Gasteiger partial charge < -0.3 is 5.32 Å². The molecule has 0 aliphatic rings. The second-order valence-corrected chi connectivity index (χ2v) is 5.65. The van der Waals surface area contributed by atoms with Crippen LogP contribution >= 0.6 is 27.5 Å². The van der Waals surface area contributed by atoms with Gasteiger partial charge in [0.25, 0.3) is 0 Å². The van der Waals surface area contributed by atoms with E-state index >= 15 is 0 Å². The van der Waals surface area contributed by atoms with Crippen molar-refractivity contribution < 1.29 is 4.79 Å². The zero-order chi connectivity index (χ0) is 13.5. The Balaban J connectivity index is 2.69. The van der Waals surface area contributed by atoms with Crippen molar-refractivity contribution in [2.75, 3.05) is 5.32 Å². The summed E-state index contributed by atoms with van der Waals surface area (Å²) >= 11 is 9.33. The predicted octanol–water partition coefficient (Wildman–Crippen LogP) is 5.26. The molecule has 0 bridgehead atoms. The van der Waals surface area contributed by atoms with E-state index in [0.29, 0.717) is 5.02 Å². The normalized spacial score (nSPS) is 10.7. The van der Waals surface area contributed by atoms with Gasteiger partial charge in [-0.05, 0) is 47.0 Å². The van der Waals surface area contributed by atoms with Crippen LogP contribution in [0.2, 0.25) is 5.02 Å². The largest absolute Gasteiger partial charge is 0.326 e. The summed E-state index contributed by atoms with van der Waals surface area (Å²) < 4.78 is 0.834. The van der Waals surface area contributed by atoms with Crippen molar-refractivity contribution in [1.29, 1.82) is 0 Å². The van der Waals surface area contributed by atoms with Crippen LogP contribution in [-0.4, -0.2) is 5.91 Å². The zero-order valence-electron chi connectivity index (χ0n) is 10.8. The molecule has 1 aromatic carbocycles. The molecule has 0 fully saturated rings. The summed E-state index contributed by atoms with van der Waals surface area (Å²) in [6.45, 7) is 4.21. The van der Waals surface area contributed by atoms with Crippen LogP contribution in [0.15, 0.2) is 22.7 Å². The van der Waals surface area contributed by atoms with Crippen molar-refractivity contribution in [2.45, 2.75) is 39.5 Å². The van der Waals surface area contributed by atoms with Crippen LogP contribution in [0.5, 0.6) is 0 Å². The number of nitrogens with one attached hydrogen (secondary N) is 1. The number of rotatable bonds is 6. The zero-order valence-corrected chi connectivity index (χ0v) is 13.1. The Morgan fingerprint density at radius 2 is 1.94 bits per heavy atom. The second kappa shape index (κ2) is 7.80. The molecular formula is C14H19BrClNO. The summed E-state index contributed by atoms with van der Waals surface area (Å²) in [5.41, 5.74) is 0.755. The first-order valence-electron chi connectivity index (χ1n) is 6.34. The number of carbonyl (C=O) groups excluding carboxylic acids is 1. The first-order valence-corrected chi connectivity index (χ1v) is 7.51. The van der Waals surface area contributed by atoms with Crippen LogP contribution in [0.3, 0.4) is 0 Å². The fraction of sp³-hybridized carbons (Fsp3) is 0.500. The van der Waals surface area contributed by atoms with Crippen LogP contribution < -0.4 is 5.32 Å². The molecular weight excluding hydrogens is 314 g/mol. The van der Waals surface area contributed by atoms with Gasteiger partial charge in [0.05, 0.1) is 5.02 Å².